The van der Waals surface area contributed by atoms with Gasteiger partial charge >= 0.3 is 5.97 Å². The maximum absolute atomic E-state index is 11.8. The number of benzene rings is 2. The van der Waals surface area contributed by atoms with E-state index in [1.807, 2.05) is 18.2 Å². The van der Waals surface area contributed by atoms with E-state index >= 15 is 0 Å². The first-order valence-corrected chi connectivity index (χ1v) is 10.4. The highest BCUT2D eigenvalue weighted by molar-refractivity contribution is 8.24. The van der Waals surface area contributed by atoms with Gasteiger partial charge in [-0.05, 0) is 48.2 Å². The molecule has 3 N–H and O–H groups in total. The average molecular weight is 451 g/mol. The number of hydrogen-bond acceptors (Lipinski definition) is 7. The Morgan fingerprint density at radius 3 is 2.55 bits per heavy atom. The molecule has 0 radical (unpaired) electrons. The van der Waals surface area contributed by atoms with Gasteiger partial charge in [0.05, 0.1) is 17.4 Å². The zero-order chi connectivity index (χ0) is 21.0. The molecule has 1 saturated heterocycles. The molecule has 9 heteroatoms. The summed E-state index contributed by atoms with van der Waals surface area (Å²) in [6.45, 7) is 0. The molecule has 1 aliphatic heterocycles. The fraction of sp³-hybridized carbons (Fsp3) is 0.250. The third-order valence-corrected chi connectivity index (χ3v) is 5.96. The van der Waals surface area contributed by atoms with E-state index in [-0.39, 0.29) is 11.2 Å². The number of halogens is 1. The van der Waals surface area contributed by atoms with Crippen molar-refractivity contribution in [2.24, 2.45) is 5.73 Å². The van der Waals surface area contributed by atoms with Crippen LogP contribution in [0.2, 0.25) is 5.02 Å². The number of ether oxygens (including phenoxy) is 2. The Balaban J connectivity index is 1.62. The number of rotatable bonds is 7. The molecular formula is C20H19ClN2O4S2. The lowest BCUT2D eigenvalue weighted by Gasteiger charge is -2.12. The van der Waals surface area contributed by atoms with Crippen molar-refractivity contribution in [1.82, 2.24) is 5.32 Å². The van der Waals surface area contributed by atoms with E-state index in [9.17, 15) is 9.59 Å². The molecular weight excluding hydrogens is 432 g/mol. The molecule has 0 aromatic heterocycles. The van der Waals surface area contributed by atoms with Crippen molar-refractivity contribution >= 4 is 51.8 Å². The molecule has 152 valence electrons. The quantitative estimate of drug-likeness (QED) is 0.494. The number of hydrogen-bond donors (Lipinski definition) is 2. The predicted octanol–water partition coefficient (Wildman–Crippen LogP) is 3.23. The van der Waals surface area contributed by atoms with E-state index in [0.29, 0.717) is 33.7 Å². The Morgan fingerprint density at radius 1 is 1.28 bits per heavy atom. The van der Waals surface area contributed by atoms with Crippen LogP contribution in [0.1, 0.15) is 11.1 Å². The summed E-state index contributed by atoms with van der Waals surface area (Å²) in [6.07, 6.45) is 0.907. The maximum atomic E-state index is 11.8. The summed E-state index contributed by atoms with van der Waals surface area (Å²) < 4.78 is 11.0. The smallest absolute Gasteiger partial charge is 0.322 e. The molecule has 0 saturated carbocycles. The van der Waals surface area contributed by atoms with Crippen LogP contribution < -0.4 is 15.8 Å². The van der Waals surface area contributed by atoms with Crippen LogP contribution in [0.3, 0.4) is 0 Å². The summed E-state index contributed by atoms with van der Waals surface area (Å²) >= 11 is 12.7. The number of thiocarbonyl (C=S) groups is 1. The molecule has 0 spiro atoms. The molecule has 0 bridgehead atoms. The second-order valence-corrected chi connectivity index (χ2v) is 8.72. The van der Waals surface area contributed by atoms with Crippen molar-refractivity contribution in [2.75, 3.05) is 7.11 Å². The van der Waals surface area contributed by atoms with Gasteiger partial charge in [0.2, 0.25) is 5.91 Å². The Labute approximate surface area is 183 Å². The van der Waals surface area contributed by atoms with Crippen LogP contribution >= 0.6 is 35.6 Å². The fourth-order valence-electron chi connectivity index (χ4n) is 2.80. The van der Waals surface area contributed by atoms with Gasteiger partial charge in [-0.1, -0.05) is 53.8 Å². The number of nitrogens with one attached hydrogen (secondary N) is 1. The molecule has 1 fully saturated rings. The minimum atomic E-state index is -0.705. The van der Waals surface area contributed by atoms with E-state index < -0.39 is 12.0 Å². The molecule has 29 heavy (non-hydrogen) atoms. The van der Waals surface area contributed by atoms with E-state index in [0.717, 1.165) is 11.1 Å². The van der Waals surface area contributed by atoms with E-state index in [1.54, 1.807) is 24.3 Å². The third kappa shape index (κ3) is 5.70. The first-order valence-electron chi connectivity index (χ1n) is 8.76. The molecule has 1 unspecified atom stereocenters. The number of carbonyl (C=O) groups excluding carboxylic acids is 2. The molecule has 3 rings (SSSR count). The second-order valence-electron chi connectivity index (χ2n) is 6.43. The molecule has 6 nitrogen and oxygen atoms in total. The summed E-state index contributed by atoms with van der Waals surface area (Å²) in [5, 5.41) is 2.84. The Kier molecular flexibility index (Phi) is 7.13. The zero-order valence-electron chi connectivity index (χ0n) is 15.5. The normalized spacial score (nSPS) is 17.0. The molecule has 1 heterocycles. The first-order chi connectivity index (χ1) is 13.9. The Morgan fingerprint density at radius 2 is 1.97 bits per heavy atom. The SMILES string of the molecule is COC(=O)[C@@H](N)Cc1ccc(Oc2ccc(CC3SC(=S)NC3=O)cc2Cl)cc1. The number of esters is 1. The van der Waals surface area contributed by atoms with Crippen LogP contribution in [0.15, 0.2) is 42.5 Å². The van der Waals surface area contributed by atoms with Crippen molar-refractivity contribution in [1.29, 1.82) is 0 Å². The standard InChI is InChI=1S/C20H19ClN2O4S2/c1-26-19(25)15(22)9-11-2-5-13(6-3-11)27-16-7-4-12(8-14(16)21)10-17-18(24)23-20(28)29-17/h2-8,15,17H,9-10,22H2,1H3,(H,23,24,28)/t15-,17?/m0/s1. The predicted molar refractivity (Wildman–Crippen MR) is 117 cm³/mol. The van der Waals surface area contributed by atoms with Crippen LogP contribution in [0.4, 0.5) is 0 Å². The van der Waals surface area contributed by atoms with Crippen LogP contribution in [0.5, 0.6) is 11.5 Å². The van der Waals surface area contributed by atoms with Gasteiger partial charge in [0.1, 0.15) is 21.9 Å². The highest BCUT2D eigenvalue weighted by Gasteiger charge is 2.29. The molecule has 0 aliphatic carbocycles. The summed E-state index contributed by atoms with van der Waals surface area (Å²) in [5.41, 5.74) is 7.59. The van der Waals surface area contributed by atoms with Crippen molar-refractivity contribution in [3.05, 3.63) is 58.6 Å². The lowest BCUT2D eigenvalue weighted by Crippen LogP contribution is -2.33. The summed E-state index contributed by atoms with van der Waals surface area (Å²) in [7, 11) is 1.31. The van der Waals surface area contributed by atoms with Gasteiger partial charge in [0, 0.05) is 0 Å². The molecule has 2 atom stereocenters. The topological polar surface area (TPSA) is 90.7 Å². The van der Waals surface area contributed by atoms with Crippen LogP contribution in [-0.4, -0.2) is 34.6 Å². The summed E-state index contributed by atoms with van der Waals surface area (Å²) in [6, 6.07) is 12.0. The van der Waals surface area contributed by atoms with E-state index in [4.69, 9.17) is 34.3 Å². The van der Waals surface area contributed by atoms with Gasteiger partial charge in [-0.2, -0.15) is 0 Å². The van der Waals surface area contributed by atoms with Gasteiger partial charge in [-0.25, -0.2) is 0 Å². The van der Waals surface area contributed by atoms with Crippen molar-refractivity contribution in [3.8, 4) is 11.5 Å². The highest BCUT2D eigenvalue weighted by Crippen LogP contribution is 2.32. The molecule has 2 aromatic carbocycles. The molecule has 1 amide bonds. The van der Waals surface area contributed by atoms with Gasteiger partial charge in [0.15, 0.2) is 0 Å². The van der Waals surface area contributed by atoms with E-state index in [2.05, 4.69) is 10.1 Å². The van der Waals surface area contributed by atoms with E-state index in [1.165, 1.54) is 18.9 Å². The van der Waals surface area contributed by atoms with Crippen molar-refractivity contribution in [3.63, 3.8) is 0 Å². The monoisotopic (exact) mass is 450 g/mol. The molecule has 2 aromatic rings. The van der Waals surface area contributed by atoms with Crippen LogP contribution in [-0.2, 0) is 27.2 Å². The zero-order valence-corrected chi connectivity index (χ0v) is 17.9. The summed E-state index contributed by atoms with van der Waals surface area (Å²) in [4.78, 5) is 23.2. The highest BCUT2D eigenvalue weighted by atomic mass is 35.5. The van der Waals surface area contributed by atoms with Crippen molar-refractivity contribution in [2.45, 2.75) is 24.1 Å². The minimum absolute atomic E-state index is 0.0801. The van der Waals surface area contributed by atoms with Crippen molar-refractivity contribution < 1.29 is 19.1 Å². The number of carbonyl (C=O) groups is 2. The van der Waals surface area contributed by atoms with Crippen LogP contribution in [0.25, 0.3) is 0 Å². The number of methoxy groups -OCH3 is 1. The minimum Gasteiger partial charge on any atom is -0.468 e. The number of amides is 1. The molecule has 1 aliphatic rings. The lowest BCUT2D eigenvalue weighted by atomic mass is 10.1. The summed E-state index contributed by atoms with van der Waals surface area (Å²) in [5.74, 6) is 0.579. The van der Waals surface area contributed by atoms with Crippen LogP contribution in [0, 0.1) is 0 Å². The lowest BCUT2D eigenvalue weighted by molar-refractivity contribution is -0.142. The number of thioether (sulfide) groups is 1. The third-order valence-electron chi connectivity index (χ3n) is 4.30. The second kappa shape index (κ2) is 9.58. The van der Waals surface area contributed by atoms with Gasteiger partial charge in [-0.3, -0.25) is 9.59 Å². The Bertz CT molecular complexity index is 937. The Hall–Kier alpha value is -2.13. The maximum Gasteiger partial charge on any atom is 0.322 e. The number of nitrogens with two attached hydrogens (primary N) is 1. The first kappa shape index (κ1) is 21.6. The van der Waals surface area contributed by atoms with Gasteiger partial charge in [-0.15, -0.1) is 0 Å². The largest absolute Gasteiger partial charge is 0.468 e. The van der Waals surface area contributed by atoms with Gasteiger partial charge in [0.25, 0.3) is 0 Å². The van der Waals surface area contributed by atoms with Gasteiger partial charge < -0.3 is 20.5 Å². The fourth-order valence-corrected chi connectivity index (χ4v) is 4.36. The average Bonchev–Trinajstić information content (AvgIpc) is 3.01.